The largest absolute Gasteiger partial charge is 0.493 e. The van der Waals surface area contributed by atoms with Gasteiger partial charge in [-0.15, -0.1) is 0 Å². The molecule has 0 fully saturated rings. The number of fused-ring (bicyclic) bond motifs is 1. The Morgan fingerprint density at radius 2 is 2.17 bits per heavy atom. The highest BCUT2D eigenvalue weighted by Crippen LogP contribution is 2.29. The second-order valence-electron chi connectivity index (χ2n) is 4.70. The summed E-state index contributed by atoms with van der Waals surface area (Å²) >= 11 is 0. The van der Waals surface area contributed by atoms with E-state index in [1.54, 1.807) is 25.1 Å². The molecule has 0 unspecified atom stereocenters. The van der Waals surface area contributed by atoms with Gasteiger partial charge in [0.25, 0.3) is 0 Å². The first-order valence-electron chi connectivity index (χ1n) is 5.88. The Labute approximate surface area is 105 Å². The van der Waals surface area contributed by atoms with E-state index in [-0.39, 0.29) is 5.56 Å². The molecule has 0 aliphatic rings. The van der Waals surface area contributed by atoms with Gasteiger partial charge in [-0.3, -0.25) is 0 Å². The second kappa shape index (κ2) is 4.72. The normalized spacial score (nSPS) is 11.1. The van der Waals surface area contributed by atoms with E-state index in [2.05, 4.69) is 13.8 Å². The topological polar surface area (TPSA) is 59.7 Å². The summed E-state index contributed by atoms with van der Waals surface area (Å²) in [6.07, 6.45) is 0. The summed E-state index contributed by atoms with van der Waals surface area (Å²) in [7, 11) is 0. The van der Waals surface area contributed by atoms with Gasteiger partial charge in [-0.1, -0.05) is 13.8 Å². The van der Waals surface area contributed by atoms with Gasteiger partial charge in [0, 0.05) is 5.39 Å². The zero-order valence-corrected chi connectivity index (χ0v) is 10.7. The van der Waals surface area contributed by atoms with Gasteiger partial charge < -0.3 is 14.3 Å². The standard InChI is InChI=1S/C14H16O4/c1-8(2)7-17-10-4-5-12-11(6-10)13(14(15)16)9(3)18-12/h4-6,8H,7H2,1-3H3,(H,15,16). The van der Waals surface area contributed by atoms with Crippen LogP contribution in [0.4, 0.5) is 0 Å². The van der Waals surface area contributed by atoms with Crippen LogP contribution in [0.2, 0.25) is 0 Å². The molecule has 2 rings (SSSR count). The van der Waals surface area contributed by atoms with Crippen molar-refractivity contribution in [3.05, 3.63) is 29.5 Å². The third-order valence-electron chi connectivity index (χ3n) is 2.63. The summed E-state index contributed by atoms with van der Waals surface area (Å²) in [5.41, 5.74) is 0.779. The number of hydrogen-bond donors (Lipinski definition) is 1. The molecule has 0 atom stereocenters. The Morgan fingerprint density at radius 1 is 1.44 bits per heavy atom. The molecule has 96 valence electrons. The Kier molecular flexibility index (Phi) is 3.28. The molecule has 1 aromatic heterocycles. The third kappa shape index (κ3) is 2.32. The van der Waals surface area contributed by atoms with E-state index < -0.39 is 5.97 Å². The van der Waals surface area contributed by atoms with E-state index in [1.165, 1.54) is 0 Å². The van der Waals surface area contributed by atoms with E-state index in [9.17, 15) is 4.79 Å². The maximum atomic E-state index is 11.2. The Morgan fingerprint density at radius 3 is 2.78 bits per heavy atom. The molecule has 2 aromatic rings. The van der Waals surface area contributed by atoms with Crippen molar-refractivity contribution < 1.29 is 19.1 Å². The number of rotatable bonds is 4. The number of carboxylic acid groups (broad SMARTS) is 1. The van der Waals surface area contributed by atoms with Crippen LogP contribution >= 0.6 is 0 Å². The van der Waals surface area contributed by atoms with Crippen molar-refractivity contribution >= 4 is 16.9 Å². The molecule has 18 heavy (non-hydrogen) atoms. The van der Waals surface area contributed by atoms with Gasteiger partial charge in [-0.2, -0.15) is 0 Å². The molecular formula is C14H16O4. The molecule has 0 saturated heterocycles. The summed E-state index contributed by atoms with van der Waals surface area (Å²) in [6.45, 7) is 6.37. The van der Waals surface area contributed by atoms with Crippen LogP contribution in [0.3, 0.4) is 0 Å². The predicted molar refractivity (Wildman–Crippen MR) is 68.2 cm³/mol. The average Bonchev–Trinajstić information content (AvgIpc) is 2.61. The molecule has 0 aliphatic heterocycles. The molecule has 0 amide bonds. The van der Waals surface area contributed by atoms with Gasteiger partial charge in [0.05, 0.1) is 6.61 Å². The Bertz CT molecular complexity index is 581. The van der Waals surface area contributed by atoms with E-state index in [1.807, 2.05) is 0 Å². The van der Waals surface area contributed by atoms with E-state index in [0.29, 0.717) is 35.0 Å². The van der Waals surface area contributed by atoms with Gasteiger partial charge in [-0.05, 0) is 31.0 Å². The van der Waals surface area contributed by atoms with E-state index >= 15 is 0 Å². The van der Waals surface area contributed by atoms with Crippen molar-refractivity contribution in [3.63, 3.8) is 0 Å². The summed E-state index contributed by atoms with van der Waals surface area (Å²) in [6, 6.07) is 5.25. The molecule has 0 radical (unpaired) electrons. The molecule has 1 N–H and O–H groups in total. The van der Waals surface area contributed by atoms with E-state index in [4.69, 9.17) is 14.3 Å². The highest BCUT2D eigenvalue weighted by Gasteiger charge is 2.17. The lowest BCUT2D eigenvalue weighted by Gasteiger charge is -2.08. The highest BCUT2D eigenvalue weighted by molar-refractivity contribution is 6.03. The minimum absolute atomic E-state index is 0.208. The first-order valence-corrected chi connectivity index (χ1v) is 5.88. The van der Waals surface area contributed by atoms with Crippen molar-refractivity contribution in [3.8, 4) is 5.75 Å². The maximum Gasteiger partial charge on any atom is 0.339 e. The fourth-order valence-corrected chi connectivity index (χ4v) is 1.82. The average molecular weight is 248 g/mol. The number of aryl methyl sites for hydroxylation is 1. The first kappa shape index (κ1) is 12.5. The molecule has 0 bridgehead atoms. The molecule has 0 saturated carbocycles. The number of aromatic carboxylic acids is 1. The summed E-state index contributed by atoms with van der Waals surface area (Å²) in [4.78, 5) is 11.2. The number of carbonyl (C=O) groups is 1. The molecule has 0 aliphatic carbocycles. The van der Waals surface area contributed by atoms with Crippen LogP contribution in [0.25, 0.3) is 11.0 Å². The smallest absolute Gasteiger partial charge is 0.339 e. The van der Waals surface area contributed by atoms with Crippen molar-refractivity contribution in [1.29, 1.82) is 0 Å². The lowest BCUT2D eigenvalue weighted by molar-refractivity contribution is 0.0697. The second-order valence-corrected chi connectivity index (χ2v) is 4.70. The predicted octanol–water partition coefficient (Wildman–Crippen LogP) is 3.47. The van der Waals surface area contributed by atoms with Crippen LogP contribution in [0.1, 0.15) is 30.0 Å². The van der Waals surface area contributed by atoms with Crippen molar-refractivity contribution in [2.24, 2.45) is 5.92 Å². The number of ether oxygens (including phenoxy) is 1. The molecular weight excluding hydrogens is 232 g/mol. The molecule has 0 spiro atoms. The van der Waals surface area contributed by atoms with Crippen LogP contribution in [0, 0.1) is 12.8 Å². The zero-order valence-electron chi connectivity index (χ0n) is 10.7. The summed E-state index contributed by atoms with van der Waals surface area (Å²) in [5, 5.41) is 9.75. The number of furan rings is 1. The zero-order chi connectivity index (χ0) is 13.3. The maximum absolute atomic E-state index is 11.2. The van der Waals surface area contributed by atoms with Crippen LogP contribution in [-0.2, 0) is 0 Å². The molecule has 1 aromatic carbocycles. The molecule has 4 heteroatoms. The van der Waals surface area contributed by atoms with Crippen molar-refractivity contribution in [2.75, 3.05) is 6.61 Å². The van der Waals surface area contributed by atoms with Gasteiger partial charge in [0.1, 0.15) is 22.7 Å². The number of hydrogen-bond acceptors (Lipinski definition) is 3. The van der Waals surface area contributed by atoms with Crippen LogP contribution < -0.4 is 4.74 Å². The summed E-state index contributed by atoms with van der Waals surface area (Å²) < 4.78 is 11.0. The Balaban J connectivity index is 2.42. The fraction of sp³-hybridized carbons (Fsp3) is 0.357. The van der Waals surface area contributed by atoms with Gasteiger partial charge in [0.2, 0.25) is 0 Å². The van der Waals surface area contributed by atoms with Gasteiger partial charge in [-0.25, -0.2) is 4.79 Å². The van der Waals surface area contributed by atoms with Crippen LogP contribution in [-0.4, -0.2) is 17.7 Å². The van der Waals surface area contributed by atoms with Crippen molar-refractivity contribution in [2.45, 2.75) is 20.8 Å². The number of carboxylic acids is 1. The molecule has 4 nitrogen and oxygen atoms in total. The van der Waals surface area contributed by atoms with Gasteiger partial charge >= 0.3 is 5.97 Å². The monoisotopic (exact) mass is 248 g/mol. The van der Waals surface area contributed by atoms with E-state index in [0.717, 1.165) is 0 Å². The van der Waals surface area contributed by atoms with Crippen molar-refractivity contribution in [1.82, 2.24) is 0 Å². The minimum atomic E-state index is -0.979. The highest BCUT2D eigenvalue weighted by atomic mass is 16.5. The SMILES string of the molecule is Cc1oc2ccc(OCC(C)C)cc2c1C(=O)O. The third-order valence-corrected chi connectivity index (χ3v) is 2.63. The summed E-state index contributed by atoms with van der Waals surface area (Å²) in [5.74, 6) is 0.524. The van der Waals surface area contributed by atoms with Crippen LogP contribution in [0.5, 0.6) is 5.75 Å². The first-order chi connectivity index (χ1) is 8.49. The van der Waals surface area contributed by atoms with Crippen LogP contribution in [0.15, 0.2) is 22.6 Å². The minimum Gasteiger partial charge on any atom is -0.493 e. The quantitative estimate of drug-likeness (QED) is 0.899. The lowest BCUT2D eigenvalue weighted by atomic mass is 10.1. The molecule has 1 heterocycles. The number of benzene rings is 1. The van der Waals surface area contributed by atoms with Gasteiger partial charge in [0.15, 0.2) is 0 Å². The Hall–Kier alpha value is -1.97. The fourth-order valence-electron chi connectivity index (χ4n) is 1.82. The lowest BCUT2D eigenvalue weighted by Crippen LogP contribution is -2.04.